The lowest BCUT2D eigenvalue weighted by Gasteiger charge is -2.36. The molecule has 5 rings (SSSR count). The maximum absolute atomic E-state index is 13.6. The third-order valence-corrected chi connectivity index (χ3v) is 10.4. The van der Waals surface area contributed by atoms with Crippen molar-refractivity contribution in [1.29, 1.82) is 0 Å². The van der Waals surface area contributed by atoms with Crippen LogP contribution in [0.5, 0.6) is 0 Å². The summed E-state index contributed by atoms with van der Waals surface area (Å²) >= 11 is 0. The highest BCUT2D eigenvalue weighted by molar-refractivity contribution is 7.89. The minimum Gasteiger partial charge on any atom is -0.353 e. The minimum absolute atomic E-state index is 0.0142. The van der Waals surface area contributed by atoms with E-state index in [-0.39, 0.29) is 47.9 Å². The van der Waals surface area contributed by atoms with E-state index in [2.05, 4.69) is 10.6 Å². The van der Waals surface area contributed by atoms with Crippen molar-refractivity contribution in [1.82, 2.24) is 14.9 Å². The van der Waals surface area contributed by atoms with Gasteiger partial charge in [-0.2, -0.15) is 4.31 Å². The van der Waals surface area contributed by atoms with Crippen molar-refractivity contribution >= 4 is 15.9 Å². The quantitative estimate of drug-likeness (QED) is 0.345. The van der Waals surface area contributed by atoms with E-state index in [9.17, 15) is 22.0 Å². The number of nitrogens with one attached hydrogen (secondary N) is 2. The Balaban J connectivity index is 1.23. The Morgan fingerprint density at radius 1 is 0.902 bits per heavy atom. The van der Waals surface area contributed by atoms with Gasteiger partial charge in [-0.05, 0) is 79.1 Å². The zero-order chi connectivity index (χ0) is 28.8. The summed E-state index contributed by atoms with van der Waals surface area (Å²) in [5.41, 5.74) is 1.58. The Morgan fingerprint density at radius 2 is 1.54 bits per heavy atom. The summed E-state index contributed by atoms with van der Waals surface area (Å²) in [6, 6.07) is 20.6. The van der Waals surface area contributed by atoms with Crippen LogP contribution >= 0.6 is 0 Å². The van der Waals surface area contributed by atoms with Crippen molar-refractivity contribution in [3.8, 4) is 0 Å². The van der Waals surface area contributed by atoms with Gasteiger partial charge in [0.1, 0.15) is 11.6 Å². The molecule has 6 nitrogen and oxygen atoms in total. The van der Waals surface area contributed by atoms with Crippen LogP contribution in [-0.2, 0) is 14.8 Å². The number of carbonyl (C=O) groups is 1. The lowest BCUT2D eigenvalue weighted by Crippen LogP contribution is -2.53. The molecule has 0 bridgehead atoms. The summed E-state index contributed by atoms with van der Waals surface area (Å²) < 4.78 is 55.6. The van der Waals surface area contributed by atoms with Crippen molar-refractivity contribution in [2.45, 2.75) is 61.4 Å². The van der Waals surface area contributed by atoms with Crippen molar-refractivity contribution < 1.29 is 22.0 Å². The third-order valence-electron chi connectivity index (χ3n) is 8.46. The monoisotopic (exact) mass is 581 g/mol. The number of hydrogen-bond acceptors (Lipinski definition) is 4. The topological polar surface area (TPSA) is 78.5 Å². The first-order valence-corrected chi connectivity index (χ1v) is 15.8. The number of sulfonamides is 1. The van der Waals surface area contributed by atoms with Crippen LogP contribution < -0.4 is 10.6 Å². The Hall–Kier alpha value is -3.14. The molecule has 2 fully saturated rings. The molecule has 1 aliphatic heterocycles. The van der Waals surface area contributed by atoms with Gasteiger partial charge in [0.15, 0.2) is 0 Å². The second kappa shape index (κ2) is 13.2. The molecule has 0 unspecified atom stereocenters. The number of carbonyl (C=O) groups excluding carboxylic acids is 1. The van der Waals surface area contributed by atoms with Crippen LogP contribution in [0.3, 0.4) is 0 Å². The van der Waals surface area contributed by atoms with Crippen LogP contribution in [0.4, 0.5) is 8.78 Å². The van der Waals surface area contributed by atoms with Crippen LogP contribution in [0.15, 0.2) is 83.8 Å². The first kappa shape index (κ1) is 29.4. The fourth-order valence-electron chi connectivity index (χ4n) is 6.28. The fraction of sp³-hybridized carbons (Fsp3) is 0.406. The number of hydrogen-bond donors (Lipinski definition) is 2. The Labute approximate surface area is 241 Å². The van der Waals surface area contributed by atoms with Gasteiger partial charge in [0.05, 0.1) is 4.90 Å². The molecule has 1 amide bonds. The molecule has 0 spiro atoms. The summed E-state index contributed by atoms with van der Waals surface area (Å²) in [5, 5.41) is 6.59. The van der Waals surface area contributed by atoms with E-state index in [1.165, 1.54) is 24.3 Å². The van der Waals surface area contributed by atoms with E-state index in [4.69, 9.17) is 0 Å². The van der Waals surface area contributed by atoms with Gasteiger partial charge in [-0.1, -0.05) is 48.9 Å². The molecule has 218 valence electrons. The van der Waals surface area contributed by atoms with E-state index in [1.807, 2.05) is 6.07 Å². The highest BCUT2D eigenvalue weighted by atomic mass is 32.2. The average molecular weight is 582 g/mol. The number of halogens is 2. The molecule has 3 atom stereocenters. The predicted molar refractivity (Wildman–Crippen MR) is 155 cm³/mol. The molecule has 1 heterocycles. The lowest BCUT2D eigenvalue weighted by atomic mass is 9.88. The zero-order valence-electron chi connectivity index (χ0n) is 23.0. The van der Waals surface area contributed by atoms with Crippen molar-refractivity contribution in [3.05, 3.63) is 102 Å². The van der Waals surface area contributed by atoms with Crippen LogP contribution in [0, 0.1) is 17.6 Å². The second-order valence-corrected chi connectivity index (χ2v) is 13.0. The normalized spacial score (nSPS) is 21.7. The molecule has 3 aromatic carbocycles. The van der Waals surface area contributed by atoms with Gasteiger partial charge >= 0.3 is 0 Å². The summed E-state index contributed by atoms with van der Waals surface area (Å²) in [6.45, 7) is 1.65. The summed E-state index contributed by atoms with van der Waals surface area (Å²) in [5.74, 6) is -0.882. The van der Waals surface area contributed by atoms with Gasteiger partial charge in [-0.25, -0.2) is 17.2 Å². The van der Waals surface area contributed by atoms with Crippen molar-refractivity contribution in [2.75, 3.05) is 19.6 Å². The Bertz CT molecular complexity index is 1360. The number of amides is 1. The highest BCUT2D eigenvalue weighted by Crippen LogP contribution is 2.33. The lowest BCUT2D eigenvalue weighted by molar-refractivity contribution is -0.122. The van der Waals surface area contributed by atoms with Gasteiger partial charge in [0, 0.05) is 44.1 Å². The van der Waals surface area contributed by atoms with Gasteiger partial charge in [-0.3, -0.25) is 4.79 Å². The third kappa shape index (κ3) is 7.20. The molecule has 1 saturated carbocycles. The van der Waals surface area contributed by atoms with Crippen LogP contribution in [-0.4, -0.2) is 50.3 Å². The van der Waals surface area contributed by atoms with Crippen LogP contribution in [0.2, 0.25) is 0 Å². The molecule has 2 aliphatic rings. The molecule has 2 N–H and O–H groups in total. The average Bonchev–Trinajstić information content (AvgIpc) is 3.43. The molecule has 0 aromatic heterocycles. The molecule has 0 radical (unpaired) electrons. The number of benzene rings is 3. The first-order chi connectivity index (χ1) is 19.8. The number of piperazine rings is 1. The highest BCUT2D eigenvalue weighted by Gasteiger charge is 2.35. The van der Waals surface area contributed by atoms with E-state index >= 15 is 0 Å². The Kier molecular flexibility index (Phi) is 9.47. The molecule has 41 heavy (non-hydrogen) atoms. The zero-order valence-corrected chi connectivity index (χ0v) is 23.8. The Morgan fingerprint density at radius 3 is 2.17 bits per heavy atom. The molecular formula is C32H37F2N3O3S. The molecule has 3 aromatic rings. The molecular weight excluding hydrogens is 544 g/mol. The summed E-state index contributed by atoms with van der Waals surface area (Å²) in [6.07, 6.45) is 4.56. The largest absolute Gasteiger partial charge is 0.353 e. The maximum atomic E-state index is 13.6. The van der Waals surface area contributed by atoms with Crippen LogP contribution in [0.1, 0.15) is 55.6 Å². The van der Waals surface area contributed by atoms with Gasteiger partial charge in [-0.15, -0.1) is 0 Å². The van der Waals surface area contributed by atoms with E-state index in [1.54, 1.807) is 52.8 Å². The van der Waals surface area contributed by atoms with Gasteiger partial charge < -0.3 is 10.6 Å². The first-order valence-electron chi connectivity index (χ1n) is 14.4. The van der Waals surface area contributed by atoms with Gasteiger partial charge in [0.25, 0.3) is 0 Å². The van der Waals surface area contributed by atoms with Crippen LogP contribution in [0.25, 0.3) is 0 Å². The fourth-order valence-corrected chi connectivity index (χ4v) is 7.96. The maximum Gasteiger partial charge on any atom is 0.243 e. The molecule has 1 aliphatic carbocycles. The minimum atomic E-state index is -3.58. The van der Waals surface area contributed by atoms with E-state index < -0.39 is 10.0 Å². The van der Waals surface area contributed by atoms with Crippen molar-refractivity contribution in [2.24, 2.45) is 5.92 Å². The summed E-state index contributed by atoms with van der Waals surface area (Å²) in [4.78, 5) is 13.6. The number of rotatable bonds is 10. The smallest absolute Gasteiger partial charge is 0.243 e. The number of nitrogens with zero attached hydrogens (tertiary/aromatic N) is 1. The summed E-state index contributed by atoms with van der Waals surface area (Å²) in [7, 11) is -3.58. The second-order valence-electron chi connectivity index (χ2n) is 11.1. The van der Waals surface area contributed by atoms with E-state index in [0.29, 0.717) is 31.0 Å². The van der Waals surface area contributed by atoms with E-state index in [0.717, 1.165) is 36.8 Å². The molecule has 1 saturated heterocycles. The SMILES string of the molecule is O=C(CC(c1ccc(F)cc1)c1ccc(F)cc1)N[C@H]1CCC[C@@H]1CC[C@H]1CNCCN1S(=O)(=O)c1ccccc1. The predicted octanol–water partition coefficient (Wildman–Crippen LogP) is 5.21. The standard InChI is InChI=1S/C32H37F2N3O3S/c33-26-14-9-23(10-15-26)30(24-11-16-27(34)17-12-24)21-32(38)36-31-8-4-5-25(31)13-18-28-22-35-19-20-37(28)41(39,40)29-6-2-1-3-7-29/h1-3,6-7,9-12,14-17,25,28,30-31,35H,4-5,8,13,18-22H2,(H,36,38)/t25-,28+,31+/m1/s1. The molecule has 9 heteroatoms. The van der Waals surface area contributed by atoms with Crippen molar-refractivity contribution in [3.63, 3.8) is 0 Å². The van der Waals surface area contributed by atoms with Gasteiger partial charge in [0.2, 0.25) is 15.9 Å².